The summed E-state index contributed by atoms with van der Waals surface area (Å²) in [4.78, 5) is 17.0. The van der Waals surface area contributed by atoms with Crippen LogP contribution in [-0.2, 0) is 4.79 Å². The average Bonchev–Trinajstić information content (AvgIpc) is 2.63. The summed E-state index contributed by atoms with van der Waals surface area (Å²) in [6.45, 7) is 5.89. The van der Waals surface area contributed by atoms with Crippen molar-refractivity contribution in [1.82, 2.24) is 4.90 Å². The highest BCUT2D eigenvalue weighted by molar-refractivity contribution is 6.30. The molecule has 0 aliphatic carbocycles. The third kappa shape index (κ3) is 4.90. The maximum absolute atomic E-state index is 12.3. The van der Waals surface area contributed by atoms with E-state index in [1.54, 1.807) is 31.2 Å². The molecule has 3 rings (SSSR count). The summed E-state index contributed by atoms with van der Waals surface area (Å²) in [5.74, 6) is 0.378. The first-order chi connectivity index (χ1) is 12.5. The first-order valence-electron chi connectivity index (χ1n) is 8.78. The zero-order chi connectivity index (χ0) is 18.5. The molecule has 1 heterocycles. The number of hydrogen-bond donors (Lipinski definition) is 1. The lowest BCUT2D eigenvalue weighted by atomic mass is 10.2. The van der Waals surface area contributed by atoms with Crippen LogP contribution in [0, 0.1) is 0 Å². The van der Waals surface area contributed by atoms with Gasteiger partial charge in [0.1, 0.15) is 5.75 Å². The number of rotatable bonds is 5. The Morgan fingerprint density at radius 3 is 2.46 bits per heavy atom. The molecule has 0 spiro atoms. The van der Waals surface area contributed by atoms with E-state index in [0.717, 1.165) is 31.9 Å². The molecule has 26 heavy (non-hydrogen) atoms. The Labute approximate surface area is 159 Å². The molecule has 1 aliphatic rings. The second-order valence-corrected chi connectivity index (χ2v) is 6.98. The molecule has 1 amide bonds. The predicted octanol–water partition coefficient (Wildman–Crippen LogP) is 3.50. The number of halogens is 1. The van der Waals surface area contributed by atoms with E-state index in [4.69, 9.17) is 16.3 Å². The highest BCUT2D eigenvalue weighted by Gasteiger charge is 2.16. The summed E-state index contributed by atoms with van der Waals surface area (Å²) in [6, 6.07) is 15.0. The second-order valence-electron chi connectivity index (χ2n) is 6.54. The van der Waals surface area contributed by atoms with Crippen LogP contribution in [0.5, 0.6) is 5.75 Å². The SMILES string of the molecule is C[C@@H](Oc1cccc(Cl)c1)C(=O)Nc1ccc(N2CCN(C)CC2)cc1. The van der Waals surface area contributed by atoms with E-state index in [1.165, 1.54) is 5.69 Å². The Bertz CT molecular complexity index is 743. The molecule has 1 saturated heterocycles. The normalized spacial score (nSPS) is 16.2. The van der Waals surface area contributed by atoms with Crippen molar-refractivity contribution >= 4 is 28.9 Å². The van der Waals surface area contributed by atoms with Crippen LogP contribution in [0.25, 0.3) is 0 Å². The lowest BCUT2D eigenvalue weighted by molar-refractivity contribution is -0.122. The first kappa shape index (κ1) is 18.5. The molecule has 2 aromatic carbocycles. The van der Waals surface area contributed by atoms with Crippen molar-refractivity contribution < 1.29 is 9.53 Å². The number of nitrogens with zero attached hydrogens (tertiary/aromatic N) is 2. The minimum absolute atomic E-state index is 0.197. The smallest absolute Gasteiger partial charge is 0.265 e. The fraction of sp³-hybridized carbons (Fsp3) is 0.350. The minimum atomic E-state index is -0.620. The van der Waals surface area contributed by atoms with Crippen molar-refractivity contribution in [2.24, 2.45) is 0 Å². The van der Waals surface area contributed by atoms with Gasteiger partial charge in [0.15, 0.2) is 6.10 Å². The molecule has 0 saturated carbocycles. The van der Waals surface area contributed by atoms with E-state index in [9.17, 15) is 4.79 Å². The van der Waals surface area contributed by atoms with Crippen LogP contribution >= 0.6 is 11.6 Å². The molecule has 0 unspecified atom stereocenters. The third-order valence-electron chi connectivity index (χ3n) is 4.48. The number of nitrogens with one attached hydrogen (secondary N) is 1. The molecular formula is C20H24ClN3O2. The average molecular weight is 374 g/mol. The Hall–Kier alpha value is -2.24. The van der Waals surface area contributed by atoms with Gasteiger partial charge in [0.05, 0.1) is 0 Å². The van der Waals surface area contributed by atoms with Gasteiger partial charge >= 0.3 is 0 Å². The van der Waals surface area contributed by atoms with Gasteiger partial charge in [-0.25, -0.2) is 0 Å². The maximum Gasteiger partial charge on any atom is 0.265 e. The number of anilines is 2. The van der Waals surface area contributed by atoms with Crippen molar-refractivity contribution in [2.45, 2.75) is 13.0 Å². The Kier molecular flexibility index (Phi) is 6.01. The Balaban J connectivity index is 1.55. The quantitative estimate of drug-likeness (QED) is 0.871. The molecule has 6 heteroatoms. The van der Waals surface area contributed by atoms with Gasteiger partial charge in [0.2, 0.25) is 0 Å². The number of likely N-dealkylation sites (N-methyl/N-ethyl adjacent to an activating group) is 1. The molecule has 1 N–H and O–H groups in total. The van der Waals surface area contributed by atoms with Crippen molar-refractivity contribution in [3.63, 3.8) is 0 Å². The molecule has 1 aliphatic heterocycles. The summed E-state index contributed by atoms with van der Waals surface area (Å²) >= 11 is 5.94. The highest BCUT2D eigenvalue weighted by Crippen LogP contribution is 2.21. The third-order valence-corrected chi connectivity index (χ3v) is 4.72. The van der Waals surface area contributed by atoms with Gasteiger partial charge in [-0.1, -0.05) is 17.7 Å². The van der Waals surface area contributed by atoms with E-state index in [1.807, 2.05) is 24.3 Å². The van der Waals surface area contributed by atoms with E-state index in [0.29, 0.717) is 10.8 Å². The van der Waals surface area contributed by atoms with Gasteiger partial charge in [-0.05, 0) is 56.4 Å². The largest absolute Gasteiger partial charge is 0.481 e. The van der Waals surface area contributed by atoms with Gasteiger partial charge in [0.25, 0.3) is 5.91 Å². The highest BCUT2D eigenvalue weighted by atomic mass is 35.5. The number of benzene rings is 2. The van der Waals surface area contributed by atoms with Crippen molar-refractivity contribution in [3.05, 3.63) is 53.6 Å². The molecule has 1 atom stereocenters. The summed E-state index contributed by atoms with van der Waals surface area (Å²) in [5.41, 5.74) is 1.94. The van der Waals surface area contributed by atoms with E-state index in [2.05, 4.69) is 22.2 Å². The summed E-state index contributed by atoms with van der Waals surface area (Å²) in [7, 11) is 2.14. The Morgan fingerprint density at radius 2 is 1.81 bits per heavy atom. The van der Waals surface area contributed by atoms with Gasteiger partial charge in [-0.2, -0.15) is 0 Å². The lowest BCUT2D eigenvalue weighted by Crippen LogP contribution is -2.44. The predicted molar refractivity (Wildman–Crippen MR) is 106 cm³/mol. The van der Waals surface area contributed by atoms with Crippen molar-refractivity contribution in [1.29, 1.82) is 0 Å². The van der Waals surface area contributed by atoms with Crippen molar-refractivity contribution in [3.8, 4) is 5.75 Å². The monoisotopic (exact) mass is 373 g/mol. The van der Waals surface area contributed by atoms with Gasteiger partial charge < -0.3 is 19.9 Å². The molecular weight excluding hydrogens is 350 g/mol. The fourth-order valence-electron chi connectivity index (χ4n) is 2.86. The lowest BCUT2D eigenvalue weighted by Gasteiger charge is -2.34. The minimum Gasteiger partial charge on any atom is -0.481 e. The molecule has 138 valence electrons. The van der Waals surface area contributed by atoms with Crippen molar-refractivity contribution in [2.75, 3.05) is 43.4 Å². The molecule has 5 nitrogen and oxygen atoms in total. The van der Waals surface area contributed by atoms with Crippen LogP contribution in [-0.4, -0.2) is 50.1 Å². The number of hydrogen-bond acceptors (Lipinski definition) is 4. The second kappa shape index (κ2) is 8.43. The van der Waals surface area contributed by atoms with Crippen LogP contribution in [0.1, 0.15) is 6.92 Å². The molecule has 0 bridgehead atoms. The van der Waals surface area contributed by atoms with Crippen LogP contribution < -0.4 is 15.0 Å². The van der Waals surface area contributed by atoms with Gasteiger partial charge in [0, 0.05) is 42.6 Å². The Morgan fingerprint density at radius 1 is 1.12 bits per heavy atom. The van der Waals surface area contributed by atoms with Crippen LogP contribution in [0.15, 0.2) is 48.5 Å². The van der Waals surface area contributed by atoms with Crippen LogP contribution in [0.4, 0.5) is 11.4 Å². The van der Waals surface area contributed by atoms with E-state index in [-0.39, 0.29) is 5.91 Å². The number of ether oxygens (including phenoxy) is 1. The maximum atomic E-state index is 12.3. The topological polar surface area (TPSA) is 44.8 Å². The zero-order valence-electron chi connectivity index (χ0n) is 15.1. The number of carbonyl (C=O) groups is 1. The number of carbonyl (C=O) groups excluding carboxylic acids is 1. The van der Waals surface area contributed by atoms with Gasteiger partial charge in [-0.3, -0.25) is 4.79 Å². The van der Waals surface area contributed by atoms with Crippen LogP contribution in [0.3, 0.4) is 0 Å². The van der Waals surface area contributed by atoms with Gasteiger partial charge in [-0.15, -0.1) is 0 Å². The van der Waals surface area contributed by atoms with E-state index >= 15 is 0 Å². The zero-order valence-corrected chi connectivity index (χ0v) is 15.9. The molecule has 0 aromatic heterocycles. The molecule has 0 radical (unpaired) electrons. The molecule has 2 aromatic rings. The van der Waals surface area contributed by atoms with Crippen LogP contribution in [0.2, 0.25) is 5.02 Å². The first-order valence-corrected chi connectivity index (χ1v) is 9.16. The standard InChI is InChI=1S/C20H24ClN3O2/c1-15(26-19-5-3-4-16(21)14-19)20(25)22-17-6-8-18(9-7-17)24-12-10-23(2)11-13-24/h3-9,14-15H,10-13H2,1-2H3,(H,22,25)/t15-/m1/s1. The van der Waals surface area contributed by atoms with E-state index < -0.39 is 6.10 Å². The summed E-state index contributed by atoms with van der Waals surface area (Å²) in [6.07, 6.45) is -0.620. The number of amides is 1. The number of piperazine rings is 1. The summed E-state index contributed by atoms with van der Waals surface area (Å²) in [5, 5.41) is 3.47. The fourth-order valence-corrected chi connectivity index (χ4v) is 3.04. The molecule has 1 fully saturated rings. The summed E-state index contributed by atoms with van der Waals surface area (Å²) < 4.78 is 5.65.